The van der Waals surface area contributed by atoms with Gasteiger partial charge in [0, 0.05) is 41.8 Å². The number of carbonyl (C=O) groups excluding carboxylic acids is 1. The average molecular weight is 405 g/mol. The molecule has 0 spiro atoms. The molecule has 4 rings (SSSR count). The van der Waals surface area contributed by atoms with Gasteiger partial charge in [-0.15, -0.1) is 0 Å². The van der Waals surface area contributed by atoms with Crippen molar-refractivity contribution in [3.8, 4) is 28.0 Å². The minimum absolute atomic E-state index is 0.272. The molecule has 29 heavy (non-hydrogen) atoms. The Morgan fingerprint density at radius 2 is 1.97 bits per heavy atom. The van der Waals surface area contributed by atoms with Crippen LogP contribution >= 0.6 is 11.3 Å². The average Bonchev–Trinajstić information content (AvgIpc) is 3.16. The molecule has 0 atom stereocenters. The Morgan fingerprint density at radius 1 is 1.10 bits per heavy atom. The maximum absolute atomic E-state index is 11.9. The van der Waals surface area contributed by atoms with E-state index in [1.54, 1.807) is 25.7 Å². The van der Waals surface area contributed by atoms with Gasteiger partial charge < -0.3 is 10.1 Å². The zero-order valence-electron chi connectivity index (χ0n) is 16.0. The molecular formula is C21H19N5O2S. The fourth-order valence-corrected chi connectivity index (χ4v) is 3.96. The molecule has 0 aliphatic heterocycles. The number of urea groups is 1. The lowest BCUT2D eigenvalue weighted by atomic mass is 10.00. The lowest BCUT2D eigenvalue weighted by Gasteiger charge is -2.08. The first-order valence-electron chi connectivity index (χ1n) is 9.07. The van der Waals surface area contributed by atoms with E-state index in [4.69, 9.17) is 4.74 Å². The molecule has 0 bridgehead atoms. The zero-order valence-corrected chi connectivity index (χ0v) is 16.8. The van der Waals surface area contributed by atoms with Gasteiger partial charge >= 0.3 is 6.03 Å². The summed E-state index contributed by atoms with van der Waals surface area (Å²) in [6, 6.07) is 9.64. The fourth-order valence-electron chi connectivity index (χ4n) is 2.98. The molecule has 7 nitrogen and oxygen atoms in total. The van der Waals surface area contributed by atoms with Crippen molar-refractivity contribution in [2.75, 3.05) is 19.0 Å². The third kappa shape index (κ3) is 4.02. The number of hydrogen-bond donors (Lipinski definition) is 2. The van der Waals surface area contributed by atoms with E-state index in [0.717, 1.165) is 32.5 Å². The second-order valence-electron chi connectivity index (χ2n) is 6.23. The molecule has 0 aliphatic rings. The van der Waals surface area contributed by atoms with Crippen LogP contribution in [-0.4, -0.2) is 34.6 Å². The maximum Gasteiger partial charge on any atom is 0.321 e. The van der Waals surface area contributed by atoms with E-state index in [2.05, 4.69) is 31.7 Å². The predicted octanol–water partition coefficient (Wildman–Crippen LogP) is 4.57. The molecule has 0 unspecified atom stereocenters. The van der Waals surface area contributed by atoms with Crippen molar-refractivity contribution in [3.63, 3.8) is 0 Å². The number of amides is 2. The number of pyridine rings is 2. The summed E-state index contributed by atoms with van der Waals surface area (Å²) in [6.45, 7) is 2.41. The van der Waals surface area contributed by atoms with Crippen LogP contribution in [-0.2, 0) is 0 Å². The number of aromatic nitrogens is 3. The second-order valence-corrected chi connectivity index (χ2v) is 7.23. The van der Waals surface area contributed by atoms with E-state index in [0.29, 0.717) is 17.4 Å². The van der Waals surface area contributed by atoms with Crippen molar-refractivity contribution in [1.29, 1.82) is 0 Å². The van der Waals surface area contributed by atoms with Crippen LogP contribution in [0.15, 0.2) is 55.1 Å². The quantitative estimate of drug-likeness (QED) is 0.508. The summed E-state index contributed by atoms with van der Waals surface area (Å²) in [4.78, 5) is 25.0. The van der Waals surface area contributed by atoms with Crippen molar-refractivity contribution in [1.82, 2.24) is 20.3 Å². The van der Waals surface area contributed by atoms with Crippen LogP contribution in [0.4, 0.5) is 9.93 Å². The van der Waals surface area contributed by atoms with Crippen LogP contribution in [0, 0.1) is 0 Å². The smallest absolute Gasteiger partial charge is 0.321 e. The number of nitrogens with one attached hydrogen (secondary N) is 2. The molecular weight excluding hydrogens is 386 g/mol. The van der Waals surface area contributed by atoms with E-state index in [9.17, 15) is 4.79 Å². The molecule has 8 heteroatoms. The van der Waals surface area contributed by atoms with Gasteiger partial charge in [-0.3, -0.25) is 15.3 Å². The van der Waals surface area contributed by atoms with E-state index in [-0.39, 0.29) is 6.03 Å². The number of hydrogen-bond acceptors (Lipinski definition) is 6. The minimum Gasteiger partial charge on any atom is -0.495 e. The highest BCUT2D eigenvalue weighted by molar-refractivity contribution is 7.22. The first-order valence-corrected chi connectivity index (χ1v) is 9.89. The molecule has 1 aromatic carbocycles. The number of anilines is 1. The van der Waals surface area contributed by atoms with Crippen LogP contribution in [0.3, 0.4) is 0 Å². The maximum atomic E-state index is 11.9. The Morgan fingerprint density at radius 3 is 2.72 bits per heavy atom. The summed E-state index contributed by atoms with van der Waals surface area (Å²) >= 11 is 1.43. The number of carbonyl (C=O) groups is 1. The first-order chi connectivity index (χ1) is 14.2. The number of nitrogens with zero attached hydrogens (tertiary/aromatic N) is 3. The Bertz CT molecular complexity index is 1160. The van der Waals surface area contributed by atoms with Gasteiger partial charge in [0.1, 0.15) is 5.75 Å². The molecule has 2 amide bonds. The largest absolute Gasteiger partial charge is 0.495 e. The predicted molar refractivity (Wildman–Crippen MR) is 115 cm³/mol. The van der Waals surface area contributed by atoms with Crippen molar-refractivity contribution in [2.24, 2.45) is 0 Å². The van der Waals surface area contributed by atoms with Gasteiger partial charge in [0.25, 0.3) is 0 Å². The van der Waals surface area contributed by atoms with E-state index < -0.39 is 0 Å². The molecule has 0 fully saturated rings. The first kappa shape index (κ1) is 18.8. The minimum atomic E-state index is -0.272. The Labute approximate surface area is 171 Å². The summed E-state index contributed by atoms with van der Waals surface area (Å²) in [5.41, 5.74) is 4.64. The number of benzene rings is 1. The van der Waals surface area contributed by atoms with Crippen LogP contribution in [0.25, 0.3) is 32.5 Å². The highest BCUT2D eigenvalue weighted by Crippen LogP contribution is 2.38. The standard InChI is InChI=1S/C21H19N5O2S/c1-3-24-20(27)26-21-25-18-9-14(15-7-16(28-2)12-23-11-15)8-17(19(18)29-21)13-5-4-6-22-10-13/h4-12H,3H2,1-2H3,(H2,24,25,26,27). The number of thiazole rings is 1. The monoisotopic (exact) mass is 405 g/mol. The fraction of sp³-hybridized carbons (Fsp3) is 0.143. The highest BCUT2D eigenvalue weighted by Gasteiger charge is 2.15. The van der Waals surface area contributed by atoms with Crippen molar-refractivity contribution in [2.45, 2.75) is 6.92 Å². The lowest BCUT2D eigenvalue weighted by molar-refractivity contribution is 0.252. The summed E-state index contributed by atoms with van der Waals surface area (Å²) in [5.74, 6) is 0.683. The van der Waals surface area contributed by atoms with Crippen LogP contribution in [0.5, 0.6) is 5.75 Å². The third-order valence-electron chi connectivity index (χ3n) is 4.30. The van der Waals surface area contributed by atoms with Gasteiger partial charge in [0.05, 0.1) is 23.5 Å². The Hall–Kier alpha value is -3.52. The summed E-state index contributed by atoms with van der Waals surface area (Å²) in [5, 5.41) is 6.06. The van der Waals surface area contributed by atoms with Crippen LogP contribution < -0.4 is 15.4 Å². The second kappa shape index (κ2) is 8.24. The van der Waals surface area contributed by atoms with Crippen molar-refractivity contribution >= 4 is 32.7 Å². The molecule has 2 N–H and O–H groups in total. The molecule has 3 aromatic heterocycles. The summed E-state index contributed by atoms with van der Waals surface area (Å²) in [7, 11) is 1.62. The number of rotatable bonds is 5. The van der Waals surface area contributed by atoms with Crippen LogP contribution in [0.2, 0.25) is 0 Å². The van der Waals surface area contributed by atoms with Gasteiger partial charge in [-0.05, 0) is 36.8 Å². The Balaban J connectivity index is 1.86. The lowest BCUT2D eigenvalue weighted by Crippen LogP contribution is -2.28. The van der Waals surface area contributed by atoms with E-state index in [1.807, 2.05) is 37.4 Å². The van der Waals surface area contributed by atoms with Crippen molar-refractivity contribution < 1.29 is 9.53 Å². The molecule has 4 aromatic rings. The topological polar surface area (TPSA) is 89.0 Å². The summed E-state index contributed by atoms with van der Waals surface area (Å²) in [6.07, 6.45) is 7.02. The van der Waals surface area contributed by atoms with Gasteiger partial charge in [-0.1, -0.05) is 17.4 Å². The molecule has 0 radical (unpaired) electrons. The number of ether oxygens (including phenoxy) is 1. The SMILES string of the molecule is CCNC(=O)Nc1nc2cc(-c3cncc(OC)c3)cc(-c3cccnc3)c2s1. The van der Waals surface area contributed by atoms with E-state index in [1.165, 1.54) is 11.3 Å². The third-order valence-corrected chi connectivity index (χ3v) is 5.32. The summed E-state index contributed by atoms with van der Waals surface area (Å²) < 4.78 is 6.29. The molecule has 146 valence electrons. The molecule has 0 saturated carbocycles. The Kier molecular flexibility index (Phi) is 5.35. The zero-order chi connectivity index (χ0) is 20.2. The van der Waals surface area contributed by atoms with Crippen LogP contribution in [0.1, 0.15) is 6.92 Å². The normalized spacial score (nSPS) is 10.7. The van der Waals surface area contributed by atoms with Gasteiger partial charge in [0.2, 0.25) is 0 Å². The van der Waals surface area contributed by atoms with E-state index >= 15 is 0 Å². The van der Waals surface area contributed by atoms with Gasteiger partial charge in [0.15, 0.2) is 5.13 Å². The molecule has 0 saturated heterocycles. The highest BCUT2D eigenvalue weighted by atomic mass is 32.1. The number of fused-ring (bicyclic) bond motifs is 1. The van der Waals surface area contributed by atoms with Gasteiger partial charge in [-0.2, -0.15) is 0 Å². The van der Waals surface area contributed by atoms with Gasteiger partial charge in [-0.25, -0.2) is 9.78 Å². The van der Waals surface area contributed by atoms with Crippen molar-refractivity contribution in [3.05, 3.63) is 55.1 Å². The number of methoxy groups -OCH3 is 1. The molecule has 3 heterocycles. The molecule has 0 aliphatic carbocycles.